The summed E-state index contributed by atoms with van der Waals surface area (Å²) in [6, 6.07) is 73.0. The Kier molecular flexibility index (Phi) is 7.04. The van der Waals surface area contributed by atoms with Crippen molar-refractivity contribution in [1.82, 2.24) is 0 Å². The van der Waals surface area contributed by atoms with Gasteiger partial charge in [-0.05, 0) is 141 Å². The summed E-state index contributed by atoms with van der Waals surface area (Å²) >= 11 is 1.94. The predicted molar refractivity (Wildman–Crippen MR) is 261 cm³/mol. The lowest BCUT2D eigenvalue weighted by molar-refractivity contribution is 0.661. The van der Waals surface area contributed by atoms with Crippen molar-refractivity contribution in [3.05, 3.63) is 205 Å². The average molecular weight is 779 g/mol. The van der Waals surface area contributed by atoms with Crippen LogP contribution in [0.4, 0.5) is 0 Å². The highest BCUT2D eigenvalue weighted by Gasteiger charge is 2.36. The Balaban J connectivity index is 0.972. The molecule has 11 aromatic carbocycles. The summed E-state index contributed by atoms with van der Waals surface area (Å²) in [5.74, 6) is 0. The van der Waals surface area contributed by atoms with Crippen LogP contribution < -0.4 is 0 Å². The van der Waals surface area contributed by atoms with E-state index in [4.69, 9.17) is 0 Å². The van der Waals surface area contributed by atoms with E-state index in [1.807, 2.05) is 11.3 Å². The van der Waals surface area contributed by atoms with E-state index in [9.17, 15) is 0 Å². The molecule has 0 saturated carbocycles. The van der Waals surface area contributed by atoms with E-state index < -0.39 is 0 Å². The second-order valence-corrected chi connectivity index (χ2v) is 18.2. The van der Waals surface area contributed by atoms with E-state index in [0.29, 0.717) is 0 Å². The van der Waals surface area contributed by atoms with Crippen LogP contribution in [-0.4, -0.2) is 0 Å². The van der Waals surface area contributed by atoms with Crippen LogP contribution in [-0.2, 0) is 5.41 Å². The molecular formula is C59H38S. The normalized spacial score (nSPS) is 13.3. The van der Waals surface area contributed by atoms with Gasteiger partial charge in [-0.2, -0.15) is 0 Å². The largest absolute Gasteiger partial charge is 0.135 e. The van der Waals surface area contributed by atoms with Crippen molar-refractivity contribution in [2.45, 2.75) is 19.3 Å². The minimum absolute atomic E-state index is 0.0386. The number of hydrogen-bond acceptors (Lipinski definition) is 1. The Morgan fingerprint density at radius 1 is 0.317 bits per heavy atom. The van der Waals surface area contributed by atoms with Crippen LogP contribution in [0.3, 0.4) is 0 Å². The highest BCUT2D eigenvalue weighted by atomic mass is 32.1. The number of hydrogen-bond donors (Lipinski definition) is 0. The minimum Gasteiger partial charge on any atom is -0.135 e. The highest BCUT2D eigenvalue weighted by molar-refractivity contribution is 7.26. The van der Waals surface area contributed by atoms with Crippen molar-refractivity contribution >= 4 is 85.4 Å². The van der Waals surface area contributed by atoms with Gasteiger partial charge in [-0.15, -0.1) is 11.3 Å². The van der Waals surface area contributed by atoms with Crippen LogP contribution >= 0.6 is 11.3 Å². The second-order valence-electron chi connectivity index (χ2n) is 17.2. The molecule has 1 aliphatic carbocycles. The zero-order chi connectivity index (χ0) is 39.7. The summed E-state index contributed by atoms with van der Waals surface area (Å²) in [6.07, 6.45) is 0. The van der Waals surface area contributed by atoms with Gasteiger partial charge in [-0.3, -0.25) is 0 Å². The molecule has 60 heavy (non-hydrogen) atoms. The fourth-order valence-corrected chi connectivity index (χ4v) is 11.9. The van der Waals surface area contributed by atoms with Crippen LogP contribution in [0.25, 0.3) is 119 Å². The lowest BCUT2D eigenvalue weighted by atomic mass is 9.82. The maximum Gasteiger partial charge on any atom is 0.0434 e. The van der Waals surface area contributed by atoms with Crippen molar-refractivity contribution in [2.75, 3.05) is 0 Å². The molecule has 0 N–H and O–H groups in total. The van der Waals surface area contributed by atoms with Gasteiger partial charge in [0.05, 0.1) is 0 Å². The first-order valence-corrected chi connectivity index (χ1v) is 21.8. The molecule has 0 amide bonds. The highest BCUT2D eigenvalue weighted by Crippen LogP contribution is 2.53. The molecular weight excluding hydrogens is 741 g/mol. The predicted octanol–water partition coefficient (Wildman–Crippen LogP) is 17.1. The quantitative estimate of drug-likeness (QED) is 0.157. The molecule has 1 heterocycles. The van der Waals surface area contributed by atoms with E-state index in [0.717, 1.165) is 0 Å². The van der Waals surface area contributed by atoms with Gasteiger partial charge in [-0.1, -0.05) is 172 Å². The van der Waals surface area contributed by atoms with Gasteiger partial charge in [0.25, 0.3) is 0 Å². The lowest BCUT2D eigenvalue weighted by Gasteiger charge is -2.21. The topological polar surface area (TPSA) is 0 Å². The number of thiophene rings is 1. The summed E-state index contributed by atoms with van der Waals surface area (Å²) in [5.41, 5.74) is 13.2. The summed E-state index contributed by atoms with van der Waals surface area (Å²) in [5, 5.41) is 15.4. The fourth-order valence-electron chi connectivity index (χ4n) is 10.7. The van der Waals surface area contributed by atoms with Gasteiger partial charge >= 0.3 is 0 Å². The monoisotopic (exact) mass is 778 g/mol. The lowest BCUT2D eigenvalue weighted by Crippen LogP contribution is -2.14. The van der Waals surface area contributed by atoms with E-state index in [2.05, 4.69) is 208 Å². The Bertz CT molecular complexity index is 3750. The standard InChI is InChI=1S/C59H38S/c1-59(2)53-22-12-11-16-43(53)50-34-55-51(33-54(50)59)52-32-49(42-15-5-10-21-48(42)58(52)60-55)39-26-24-38-31-41(28-25-37(38)29-39)57-46-19-8-6-17-44(46)56(45-18-7-9-20-47(45)57)40-27-23-35-13-3-4-14-36(35)30-40/h3-34H,1-2H3. The van der Waals surface area contributed by atoms with Crippen molar-refractivity contribution in [3.8, 4) is 44.5 Å². The fraction of sp³-hybridized carbons (Fsp3) is 0.0508. The third-order valence-corrected chi connectivity index (χ3v) is 14.8. The van der Waals surface area contributed by atoms with Crippen molar-refractivity contribution in [2.24, 2.45) is 0 Å². The van der Waals surface area contributed by atoms with Crippen molar-refractivity contribution < 1.29 is 0 Å². The molecule has 0 spiro atoms. The van der Waals surface area contributed by atoms with Crippen LogP contribution in [0.1, 0.15) is 25.0 Å². The molecule has 0 unspecified atom stereocenters. The summed E-state index contributed by atoms with van der Waals surface area (Å²) in [7, 11) is 0. The van der Waals surface area contributed by atoms with Crippen LogP contribution in [0.15, 0.2) is 194 Å². The van der Waals surface area contributed by atoms with Gasteiger partial charge in [0, 0.05) is 31.0 Å². The maximum atomic E-state index is 2.51. The first-order valence-electron chi connectivity index (χ1n) is 21.0. The summed E-state index contributed by atoms with van der Waals surface area (Å²) < 4.78 is 2.73. The molecule has 0 atom stereocenters. The van der Waals surface area contributed by atoms with E-state index in [-0.39, 0.29) is 5.41 Å². The molecule has 0 bridgehead atoms. The first kappa shape index (κ1) is 33.9. The Morgan fingerprint density at radius 3 is 1.48 bits per heavy atom. The number of benzene rings is 11. The van der Waals surface area contributed by atoms with E-state index in [1.54, 1.807) is 0 Å². The molecule has 0 fully saturated rings. The molecule has 1 aliphatic rings. The Hall–Kier alpha value is -7.06. The second kappa shape index (κ2) is 12.5. The summed E-state index contributed by atoms with van der Waals surface area (Å²) in [6.45, 7) is 4.76. The molecule has 12 aromatic rings. The van der Waals surface area contributed by atoms with Crippen molar-refractivity contribution in [1.29, 1.82) is 0 Å². The van der Waals surface area contributed by atoms with Gasteiger partial charge < -0.3 is 0 Å². The molecule has 1 aromatic heterocycles. The van der Waals surface area contributed by atoms with E-state index in [1.165, 1.54) is 130 Å². The third-order valence-electron chi connectivity index (χ3n) is 13.6. The summed E-state index contributed by atoms with van der Waals surface area (Å²) in [4.78, 5) is 0. The van der Waals surface area contributed by atoms with Crippen LogP contribution in [0, 0.1) is 0 Å². The van der Waals surface area contributed by atoms with Gasteiger partial charge in [0.15, 0.2) is 0 Å². The van der Waals surface area contributed by atoms with Gasteiger partial charge in [0.1, 0.15) is 0 Å². The number of rotatable bonds is 3. The van der Waals surface area contributed by atoms with Gasteiger partial charge in [0.2, 0.25) is 0 Å². The average Bonchev–Trinajstić information content (AvgIpc) is 3.77. The van der Waals surface area contributed by atoms with E-state index >= 15 is 0 Å². The van der Waals surface area contributed by atoms with Crippen LogP contribution in [0.5, 0.6) is 0 Å². The Labute approximate surface area is 352 Å². The molecule has 0 saturated heterocycles. The molecule has 280 valence electrons. The SMILES string of the molecule is CC1(C)c2ccccc2-c2cc3sc4c5ccccc5c(-c5ccc6cc(-c7c8ccccc8c(-c8ccc9ccccc9c8)c8ccccc78)ccc6c5)cc4c3cc21. The molecule has 0 radical (unpaired) electrons. The number of fused-ring (bicyclic) bond motifs is 12. The molecule has 0 nitrogen and oxygen atoms in total. The molecule has 0 aliphatic heterocycles. The smallest absolute Gasteiger partial charge is 0.0434 e. The van der Waals surface area contributed by atoms with Crippen molar-refractivity contribution in [3.63, 3.8) is 0 Å². The van der Waals surface area contributed by atoms with Crippen LogP contribution in [0.2, 0.25) is 0 Å². The minimum atomic E-state index is -0.0386. The maximum absolute atomic E-state index is 2.51. The first-order chi connectivity index (χ1) is 29.5. The zero-order valence-electron chi connectivity index (χ0n) is 33.4. The Morgan fingerprint density at radius 2 is 0.817 bits per heavy atom. The molecule has 1 heteroatoms. The zero-order valence-corrected chi connectivity index (χ0v) is 34.2. The van der Waals surface area contributed by atoms with Gasteiger partial charge in [-0.25, -0.2) is 0 Å². The third kappa shape index (κ3) is 4.79. The molecule has 13 rings (SSSR count).